The number of rotatable bonds is 7. The normalized spacial score (nSPS) is 13.1. The lowest BCUT2D eigenvalue weighted by atomic mass is 9.89. The van der Waals surface area contributed by atoms with Crippen molar-refractivity contribution in [2.45, 2.75) is 19.8 Å². The van der Waals surface area contributed by atoms with Gasteiger partial charge in [0.1, 0.15) is 0 Å². The zero-order chi connectivity index (χ0) is 29.2. The van der Waals surface area contributed by atoms with E-state index < -0.39 is 0 Å². The van der Waals surface area contributed by atoms with Crippen LogP contribution in [-0.4, -0.2) is 4.57 Å². The number of nitrogens with zero attached hydrogens (tertiary/aromatic N) is 1. The van der Waals surface area contributed by atoms with Crippen LogP contribution in [0.1, 0.15) is 35.7 Å². The number of hydrogen-bond donors (Lipinski definition) is 1. The minimum absolute atomic E-state index is 0.971. The van der Waals surface area contributed by atoms with E-state index in [1.54, 1.807) is 0 Å². The molecule has 7 rings (SSSR count). The lowest BCUT2D eigenvalue weighted by Crippen LogP contribution is -2.04. The quantitative estimate of drug-likeness (QED) is 0.194. The van der Waals surface area contributed by atoms with Gasteiger partial charge in [-0.2, -0.15) is 0 Å². The van der Waals surface area contributed by atoms with Crippen LogP contribution in [0.15, 0.2) is 146 Å². The largest absolute Gasteiger partial charge is 0.355 e. The maximum Gasteiger partial charge on any atom is 0.0537 e. The molecular formula is C41H34N2. The summed E-state index contributed by atoms with van der Waals surface area (Å²) in [7, 11) is 0. The van der Waals surface area contributed by atoms with Gasteiger partial charge in [-0.3, -0.25) is 0 Å². The summed E-state index contributed by atoms with van der Waals surface area (Å²) in [4.78, 5) is 0. The Hall–Kier alpha value is -5.34. The van der Waals surface area contributed by atoms with Crippen molar-refractivity contribution in [1.82, 2.24) is 4.57 Å². The lowest BCUT2D eigenvalue weighted by Gasteiger charge is -2.19. The van der Waals surface area contributed by atoms with E-state index in [-0.39, 0.29) is 0 Å². The Balaban J connectivity index is 1.32. The number of anilines is 2. The second kappa shape index (κ2) is 11.5. The summed E-state index contributed by atoms with van der Waals surface area (Å²) in [6.07, 6.45) is 12.6. The SMILES string of the molecule is C=C(/C=C\C=C/C)c1cc(C2=Cc3c(c4ccccc4n3-c3ccccc3)CC2)ccc1Nc1ccc2ccccc2c1. The molecular weight excluding hydrogens is 520 g/mol. The fourth-order valence-corrected chi connectivity index (χ4v) is 6.23. The molecule has 0 spiro atoms. The molecule has 1 N–H and O–H groups in total. The van der Waals surface area contributed by atoms with Crippen molar-refractivity contribution in [1.29, 1.82) is 0 Å². The molecule has 0 unspecified atom stereocenters. The Kier molecular flexibility index (Phi) is 7.10. The van der Waals surface area contributed by atoms with Gasteiger partial charge in [0.15, 0.2) is 0 Å². The topological polar surface area (TPSA) is 17.0 Å². The summed E-state index contributed by atoms with van der Waals surface area (Å²) < 4.78 is 2.42. The van der Waals surface area contributed by atoms with E-state index in [0.29, 0.717) is 0 Å². The standard InChI is InChI=1S/C41H34N2/c1-3-4-6-13-29(2)38-27-32(22-25-39(38)42-34-23-20-30-14-9-10-15-31(30)26-34)33-21-24-37-36-18-11-12-19-40(36)43(41(37)28-33)35-16-7-5-8-17-35/h3-20,22-23,25-28,42H,2,21,24H2,1H3/b4-3-,13-6-. The van der Waals surface area contributed by atoms with Crippen LogP contribution in [0.2, 0.25) is 0 Å². The van der Waals surface area contributed by atoms with Gasteiger partial charge in [-0.1, -0.05) is 104 Å². The molecule has 43 heavy (non-hydrogen) atoms. The number of aromatic nitrogens is 1. The molecule has 0 radical (unpaired) electrons. The summed E-state index contributed by atoms with van der Waals surface area (Å²) >= 11 is 0. The first-order valence-electron chi connectivity index (χ1n) is 15.0. The zero-order valence-electron chi connectivity index (χ0n) is 24.4. The number of para-hydroxylation sites is 2. The van der Waals surface area contributed by atoms with Gasteiger partial charge in [0, 0.05) is 28.0 Å². The average Bonchev–Trinajstić information content (AvgIpc) is 3.39. The van der Waals surface area contributed by atoms with E-state index in [0.717, 1.165) is 35.4 Å². The number of benzene rings is 5. The van der Waals surface area contributed by atoms with Crippen LogP contribution >= 0.6 is 0 Å². The number of nitrogens with one attached hydrogen (secondary N) is 1. The molecule has 0 amide bonds. The second-order valence-electron chi connectivity index (χ2n) is 11.1. The van der Waals surface area contributed by atoms with Gasteiger partial charge < -0.3 is 9.88 Å². The van der Waals surface area contributed by atoms with Crippen molar-refractivity contribution in [3.8, 4) is 5.69 Å². The maximum atomic E-state index is 4.47. The zero-order valence-corrected chi connectivity index (χ0v) is 24.4. The van der Waals surface area contributed by atoms with Gasteiger partial charge in [-0.05, 0) is 101 Å². The lowest BCUT2D eigenvalue weighted by molar-refractivity contribution is 0.980. The third-order valence-corrected chi connectivity index (χ3v) is 8.36. The molecule has 0 aliphatic heterocycles. The molecule has 208 valence electrons. The summed E-state index contributed by atoms with van der Waals surface area (Å²) in [6.45, 7) is 6.50. The molecule has 6 aromatic rings. The number of aryl methyl sites for hydroxylation is 1. The molecule has 2 nitrogen and oxygen atoms in total. The van der Waals surface area contributed by atoms with E-state index in [1.807, 2.05) is 19.1 Å². The Labute approximate surface area is 253 Å². The highest BCUT2D eigenvalue weighted by Gasteiger charge is 2.22. The molecule has 2 heteroatoms. The first kappa shape index (κ1) is 26.6. The van der Waals surface area contributed by atoms with Crippen LogP contribution in [0, 0.1) is 0 Å². The van der Waals surface area contributed by atoms with Crippen molar-refractivity contribution in [3.63, 3.8) is 0 Å². The Morgan fingerprint density at radius 3 is 2.42 bits per heavy atom. The smallest absolute Gasteiger partial charge is 0.0537 e. The van der Waals surface area contributed by atoms with E-state index in [9.17, 15) is 0 Å². The van der Waals surface area contributed by atoms with Crippen LogP contribution in [0.3, 0.4) is 0 Å². The van der Waals surface area contributed by atoms with Crippen molar-refractivity contribution in [2.75, 3.05) is 5.32 Å². The van der Waals surface area contributed by atoms with Gasteiger partial charge in [0.05, 0.1) is 11.2 Å². The first-order valence-corrected chi connectivity index (χ1v) is 15.0. The van der Waals surface area contributed by atoms with E-state index >= 15 is 0 Å². The second-order valence-corrected chi connectivity index (χ2v) is 11.1. The molecule has 1 heterocycles. The fraction of sp³-hybridized carbons (Fsp3) is 0.0732. The third-order valence-electron chi connectivity index (χ3n) is 8.36. The summed E-state index contributed by atoms with van der Waals surface area (Å²) in [6, 6.07) is 41.2. The predicted octanol–water partition coefficient (Wildman–Crippen LogP) is 11.2. The Morgan fingerprint density at radius 2 is 1.56 bits per heavy atom. The summed E-state index contributed by atoms with van der Waals surface area (Å²) in [5.41, 5.74) is 11.9. The molecule has 1 aromatic heterocycles. The molecule has 0 saturated carbocycles. The average molecular weight is 555 g/mol. The molecule has 1 aliphatic rings. The van der Waals surface area contributed by atoms with Crippen LogP contribution < -0.4 is 5.32 Å². The van der Waals surface area contributed by atoms with Crippen LogP contribution in [0.5, 0.6) is 0 Å². The van der Waals surface area contributed by atoms with E-state index in [2.05, 4.69) is 150 Å². The highest BCUT2D eigenvalue weighted by Crippen LogP contribution is 2.40. The maximum absolute atomic E-state index is 4.47. The van der Waals surface area contributed by atoms with Gasteiger partial charge in [-0.25, -0.2) is 0 Å². The first-order chi connectivity index (χ1) is 21.2. The van der Waals surface area contributed by atoms with Gasteiger partial charge in [0.25, 0.3) is 0 Å². The van der Waals surface area contributed by atoms with Gasteiger partial charge in [0.2, 0.25) is 0 Å². The van der Waals surface area contributed by atoms with Crippen molar-refractivity contribution in [2.24, 2.45) is 0 Å². The van der Waals surface area contributed by atoms with Gasteiger partial charge >= 0.3 is 0 Å². The van der Waals surface area contributed by atoms with Gasteiger partial charge in [-0.15, -0.1) is 0 Å². The molecule has 1 aliphatic carbocycles. The van der Waals surface area contributed by atoms with Crippen molar-refractivity contribution in [3.05, 3.63) is 169 Å². The van der Waals surface area contributed by atoms with E-state index in [4.69, 9.17) is 0 Å². The molecule has 0 atom stereocenters. The number of allylic oxidation sites excluding steroid dienone is 6. The third kappa shape index (κ3) is 5.13. The van der Waals surface area contributed by atoms with Crippen molar-refractivity contribution >= 4 is 50.3 Å². The molecule has 0 bridgehead atoms. The Bertz CT molecular complexity index is 2070. The highest BCUT2D eigenvalue weighted by atomic mass is 15.0. The summed E-state index contributed by atoms with van der Waals surface area (Å²) in [5.74, 6) is 0. The molecule has 0 saturated heterocycles. The minimum atomic E-state index is 0.971. The number of hydrogen-bond acceptors (Lipinski definition) is 1. The fourth-order valence-electron chi connectivity index (χ4n) is 6.23. The minimum Gasteiger partial charge on any atom is -0.355 e. The Morgan fingerprint density at radius 1 is 0.767 bits per heavy atom. The summed E-state index contributed by atoms with van der Waals surface area (Å²) in [5, 5.41) is 7.49. The molecule has 0 fully saturated rings. The van der Waals surface area contributed by atoms with Crippen molar-refractivity contribution < 1.29 is 0 Å². The van der Waals surface area contributed by atoms with E-state index in [1.165, 1.54) is 49.8 Å². The number of fused-ring (bicyclic) bond motifs is 4. The predicted molar refractivity (Wildman–Crippen MR) is 186 cm³/mol. The van der Waals surface area contributed by atoms with Crippen LogP contribution in [0.4, 0.5) is 11.4 Å². The van der Waals surface area contributed by atoms with Crippen LogP contribution in [-0.2, 0) is 6.42 Å². The molecule has 5 aromatic carbocycles. The highest BCUT2D eigenvalue weighted by molar-refractivity contribution is 5.96. The van der Waals surface area contributed by atoms with Crippen LogP contribution in [0.25, 0.3) is 44.6 Å². The monoisotopic (exact) mass is 554 g/mol.